The van der Waals surface area contributed by atoms with Gasteiger partial charge in [0.2, 0.25) is 0 Å². The molecule has 0 spiro atoms. The Morgan fingerprint density at radius 1 is 1.26 bits per heavy atom. The van der Waals surface area contributed by atoms with Gasteiger partial charge in [0.1, 0.15) is 6.26 Å². The number of hydrogen-bond acceptors (Lipinski definition) is 4. The van der Waals surface area contributed by atoms with Gasteiger partial charge >= 0.3 is 0 Å². The van der Waals surface area contributed by atoms with E-state index in [9.17, 15) is 0 Å². The number of hydrogen-bond donors (Lipinski definition) is 1. The van der Waals surface area contributed by atoms with E-state index < -0.39 is 0 Å². The fraction of sp³-hybridized carbons (Fsp3) is 0.800. The molecule has 0 aliphatic heterocycles. The molecule has 0 saturated carbocycles. The fourth-order valence-electron chi connectivity index (χ4n) is 2.03. The zero-order valence-electron chi connectivity index (χ0n) is 13.1. The van der Waals surface area contributed by atoms with Gasteiger partial charge in [-0.05, 0) is 12.8 Å². The van der Waals surface area contributed by atoms with Crippen molar-refractivity contribution in [2.24, 2.45) is 5.92 Å². The minimum Gasteiger partial charge on any atom is -0.432 e. The highest BCUT2D eigenvalue weighted by Gasteiger charge is 2.15. The van der Waals surface area contributed by atoms with Crippen molar-refractivity contribution in [3.05, 3.63) is 12.0 Å². The predicted octanol–water partition coefficient (Wildman–Crippen LogP) is 3.44. The molecule has 0 aromatic carbocycles. The first-order valence-electron chi connectivity index (χ1n) is 7.53. The summed E-state index contributed by atoms with van der Waals surface area (Å²) in [6, 6.07) is 1.22. The monoisotopic (exact) mass is 267 g/mol. The number of oxazole rings is 1. The quantitative estimate of drug-likeness (QED) is 0.744. The number of aromatic nitrogens is 1. The van der Waals surface area contributed by atoms with E-state index in [1.54, 1.807) is 6.26 Å². The molecule has 4 nitrogen and oxygen atoms in total. The molecule has 0 bridgehead atoms. The zero-order valence-corrected chi connectivity index (χ0v) is 13.1. The molecule has 19 heavy (non-hydrogen) atoms. The van der Waals surface area contributed by atoms with Gasteiger partial charge in [0.25, 0.3) is 6.01 Å². The Kier molecular flexibility index (Phi) is 6.92. The Balaban J connectivity index is 2.60. The van der Waals surface area contributed by atoms with Gasteiger partial charge in [-0.2, -0.15) is 4.98 Å². The highest BCUT2D eigenvalue weighted by Crippen LogP contribution is 2.18. The van der Waals surface area contributed by atoms with Crippen molar-refractivity contribution in [3.8, 4) is 0 Å². The molecule has 1 aromatic rings. The van der Waals surface area contributed by atoms with Crippen LogP contribution in [0.3, 0.4) is 0 Å². The van der Waals surface area contributed by atoms with E-state index in [0.717, 1.165) is 31.3 Å². The standard InChI is InChI=1S/C15H29N3O/c1-6-13(7-2)10-18(8-3)15-17-14(11-19-15)9-16-12(4)5/h11-13,16H,6-10H2,1-5H3. The van der Waals surface area contributed by atoms with Crippen molar-refractivity contribution in [3.63, 3.8) is 0 Å². The lowest BCUT2D eigenvalue weighted by Gasteiger charge is -2.23. The van der Waals surface area contributed by atoms with Crippen molar-refractivity contribution in [2.45, 2.75) is 60.0 Å². The molecule has 0 unspecified atom stereocenters. The van der Waals surface area contributed by atoms with Crippen LogP contribution in [0.2, 0.25) is 0 Å². The van der Waals surface area contributed by atoms with E-state index in [0.29, 0.717) is 12.0 Å². The van der Waals surface area contributed by atoms with E-state index in [1.807, 2.05) is 0 Å². The smallest absolute Gasteiger partial charge is 0.297 e. The van der Waals surface area contributed by atoms with Gasteiger partial charge in [-0.1, -0.05) is 40.5 Å². The first-order chi connectivity index (χ1) is 9.10. The Bertz CT molecular complexity index is 345. The van der Waals surface area contributed by atoms with Gasteiger partial charge in [-0.15, -0.1) is 0 Å². The third kappa shape index (κ3) is 5.23. The van der Waals surface area contributed by atoms with Gasteiger partial charge in [-0.3, -0.25) is 0 Å². The van der Waals surface area contributed by atoms with Crippen molar-refractivity contribution in [1.29, 1.82) is 0 Å². The molecular weight excluding hydrogens is 238 g/mol. The number of anilines is 1. The molecule has 0 amide bonds. The second-order valence-corrected chi connectivity index (χ2v) is 5.38. The molecule has 4 heteroatoms. The maximum atomic E-state index is 5.61. The molecule has 1 N–H and O–H groups in total. The second kappa shape index (κ2) is 8.20. The topological polar surface area (TPSA) is 41.3 Å². The number of nitrogens with zero attached hydrogens (tertiary/aromatic N) is 2. The minimum absolute atomic E-state index is 0.465. The lowest BCUT2D eigenvalue weighted by atomic mass is 10.0. The molecule has 0 atom stereocenters. The predicted molar refractivity (Wildman–Crippen MR) is 80.4 cm³/mol. The number of rotatable bonds is 9. The number of nitrogens with one attached hydrogen (secondary N) is 1. The van der Waals surface area contributed by atoms with Crippen molar-refractivity contribution < 1.29 is 4.42 Å². The third-order valence-electron chi connectivity index (χ3n) is 3.52. The highest BCUT2D eigenvalue weighted by atomic mass is 16.4. The maximum Gasteiger partial charge on any atom is 0.297 e. The highest BCUT2D eigenvalue weighted by molar-refractivity contribution is 5.26. The summed E-state index contributed by atoms with van der Waals surface area (Å²) in [6.45, 7) is 13.6. The summed E-state index contributed by atoms with van der Waals surface area (Å²) in [6.07, 6.45) is 4.17. The van der Waals surface area contributed by atoms with Crippen LogP contribution in [0.25, 0.3) is 0 Å². The van der Waals surface area contributed by atoms with Crippen molar-refractivity contribution in [1.82, 2.24) is 10.3 Å². The lowest BCUT2D eigenvalue weighted by molar-refractivity contribution is 0.456. The second-order valence-electron chi connectivity index (χ2n) is 5.38. The van der Waals surface area contributed by atoms with E-state index in [1.165, 1.54) is 12.8 Å². The summed E-state index contributed by atoms with van der Waals surface area (Å²) in [4.78, 5) is 6.80. The molecule has 0 saturated heterocycles. The van der Waals surface area contributed by atoms with Crippen LogP contribution in [0.1, 0.15) is 53.2 Å². The van der Waals surface area contributed by atoms with Crippen LogP contribution in [-0.4, -0.2) is 24.1 Å². The van der Waals surface area contributed by atoms with Gasteiger partial charge in [0.05, 0.1) is 5.69 Å². The fourth-order valence-corrected chi connectivity index (χ4v) is 2.03. The zero-order chi connectivity index (χ0) is 14.3. The van der Waals surface area contributed by atoms with Crippen molar-refractivity contribution >= 4 is 6.01 Å². The average molecular weight is 267 g/mol. The molecule has 110 valence electrons. The van der Waals surface area contributed by atoms with Gasteiger partial charge in [0, 0.05) is 25.7 Å². The molecule has 0 fully saturated rings. The van der Waals surface area contributed by atoms with Crippen LogP contribution in [0.4, 0.5) is 6.01 Å². The molecule has 1 heterocycles. The first-order valence-corrected chi connectivity index (χ1v) is 7.53. The van der Waals surface area contributed by atoms with E-state index in [2.05, 4.69) is 49.8 Å². The van der Waals surface area contributed by atoms with Crippen LogP contribution in [-0.2, 0) is 6.54 Å². The minimum atomic E-state index is 0.465. The normalized spacial score (nSPS) is 11.5. The summed E-state index contributed by atoms with van der Waals surface area (Å²) in [5, 5.41) is 3.35. The largest absolute Gasteiger partial charge is 0.432 e. The molecule has 0 aliphatic rings. The summed E-state index contributed by atoms with van der Waals surface area (Å²) in [7, 11) is 0. The Morgan fingerprint density at radius 3 is 2.47 bits per heavy atom. The molecule has 1 aromatic heterocycles. The third-order valence-corrected chi connectivity index (χ3v) is 3.52. The van der Waals surface area contributed by atoms with E-state index >= 15 is 0 Å². The summed E-state index contributed by atoms with van der Waals surface area (Å²) < 4.78 is 5.61. The molecule has 1 rings (SSSR count). The van der Waals surface area contributed by atoms with Crippen LogP contribution in [0.15, 0.2) is 10.7 Å². The Labute approximate surface area is 117 Å². The summed E-state index contributed by atoms with van der Waals surface area (Å²) in [5.74, 6) is 0.712. The SMILES string of the molecule is CCC(CC)CN(CC)c1nc(CNC(C)C)co1. The first kappa shape index (κ1) is 16.0. The molecule has 0 radical (unpaired) electrons. The van der Waals surface area contributed by atoms with Gasteiger partial charge < -0.3 is 14.6 Å². The summed E-state index contributed by atoms with van der Waals surface area (Å²) in [5.41, 5.74) is 0.978. The van der Waals surface area contributed by atoms with Crippen LogP contribution in [0.5, 0.6) is 0 Å². The Hall–Kier alpha value is -1.03. The van der Waals surface area contributed by atoms with Crippen LogP contribution < -0.4 is 10.2 Å². The maximum absolute atomic E-state index is 5.61. The lowest BCUT2D eigenvalue weighted by Crippen LogP contribution is -2.29. The van der Waals surface area contributed by atoms with Crippen LogP contribution in [0, 0.1) is 5.92 Å². The van der Waals surface area contributed by atoms with E-state index in [4.69, 9.17) is 4.42 Å². The summed E-state index contributed by atoms with van der Waals surface area (Å²) >= 11 is 0. The van der Waals surface area contributed by atoms with Gasteiger partial charge in [-0.25, -0.2) is 0 Å². The molecular formula is C15H29N3O. The van der Waals surface area contributed by atoms with Crippen molar-refractivity contribution in [2.75, 3.05) is 18.0 Å². The molecule has 0 aliphatic carbocycles. The van der Waals surface area contributed by atoms with Gasteiger partial charge in [0.15, 0.2) is 0 Å². The Morgan fingerprint density at radius 2 is 1.95 bits per heavy atom. The average Bonchev–Trinajstić information content (AvgIpc) is 2.86. The van der Waals surface area contributed by atoms with E-state index in [-0.39, 0.29) is 0 Å². The van der Waals surface area contributed by atoms with Crippen LogP contribution >= 0.6 is 0 Å².